The highest BCUT2D eigenvalue weighted by Gasteiger charge is 1.98. The van der Waals surface area contributed by atoms with Crippen LogP contribution >= 0.6 is 0 Å². The number of aromatic hydroxyl groups is 1. The number of anilines is 2. The van der Waals surface area contributed by atoms with Gasteiger partial charge in [-0.15, -0.1) is 0 Å². The molecule has 0 unspecified atom stereocenters. The van der Waals surface area contributed by atoms with Crippen molar-refractivity contribution in [3.05, 3.63) is 42.4 Å². The van der Waals surface area contributed by atoms with Gasteiger partial charge in [-0.1, -0.05) is 0 Å². The highest BCUT2D eigenvalue weighted by Crippen LogP contribution is 2.13. The molecule has 0 saturated carbocycles. The van der Waals surface area contributed by atoms with Gasteiger partial charge in [-0.25, -0.2) is 4.98 Å². The third-order valence-corrected chi connectivity index (χ3v) is 2.49. The Hall–Kier alpha value is -2.30. The molecule has 2 N–H and O–H groups in total. The Labute approximate surface area is 106 Å². The number of aromatic nitrogens is 2. The summed E-state index contributed by atoms with van der Waals surface area (Å²) in [6.45, 7) is 0.600. The summed E-state index contributed by atoms with van der Waals surface area (Å²) < 4.78 is 0. The molecule has 5 heteroatoms. The van der Waals surface area contributed by atoms with Gasteiger partial charge >= 0.3 is 0 Å². The van der Waals surface area contributed by atoms with E-state index in [-0.39, 0.29) is 5.75 Å². The average Bonchev–Trinajstić information content (AvgIpc) is 2.38. The summed E-state index contributed by atoms with van der Waals surface area (Å²) >= 11 is 0. The summed E-state index contributed by atoms with van der Waals surface area (Å²) in [4.78, 5) is 10.4. The predicted molar refractivity (Wildman–Crippen MR) is 71.8 cm³/mol. The van der Waals surface area contributed by atoms with E-state index in [2.05, 4.69) is 15.3 Å². The van der Waals surface area contributed by atoms with E-state index in [1.54, 1.807) is 18.3 Å². The molecule has 0 spiro atoms. The molecule has 0 atom stereocenters. The molecular formula is C13H16N4O. The van der Waals surface area contributed by atoms with Crippen molar-refractivity contribution in [2.45, 2.75) is 6.54 Å². The molecular weight excluding hydrogens is 228 g/mol. The normalized spacial score (nSPS) is 10.1. The lowest BCUT2D eigenvalue weighted by atomic mass is 10.3. The van der Waals surface area contributed by atoms with Crippen molar-refractivity contribution in [3.8, 4) is 5.75 Å². The monoisotopic (exact) mass is 244 g/mol. The fraction of sp³-hybridized carbons (Fsp3) is 0.231. The molecule has 2 rings (SSSR count). The number of hydrogen-bond acceptors (Lipinski definition) is 5. The molecule has 94 valence electrons. The molecule has 0 fully saturated rings. The fourth-order valence-corrected chi connectivity index (χ4v) is 1.47. The highest BCUT2D eigenvalue weighted by molar-refractivity contribution is 5.48. The Morgan fingerprint density at radius 2 is 1.94 bits per heavy atom. The first-order chi connectivity index (χ1) is 8.65. The first-order valence-electron chi connectivity index (χ1n) is 5.66. The molecule has 0 aliphatic carbocycles. The van der Waals surface area contributed by atoms with Crippen LogP contribution in [0.5, 0.6) is 5.75 Å². The second kappa shape index (κ2) is 5.35. The van der Waals surface area contributed by atoms with Crippen LogP contribution in [0.1, 0.15) is 5.69 Å². The summed E-state index contributed by atoms with van der Waals surface area (Å²) in [6.07, 6.45) is 3.22. The zero-order valence-electron chi connectivity index (χ0n) is 10.5. The van der Waals surface area contributed by atoms with Crippen LogP contribution in [0.3, 0.4) is 0 Å². The van der Waals surface area contributed by atoms with E-state index in [1.807, 2.05) is 31.1 Å². The van der Waals surface area contributed by atoms with Crippen molar-refractivity contribution >= 4 is 11.5 Å². The van der Waals surface area contributed by atoms with Gasteiger partial charge < -0.3 is 15.3 Å². The fourth-order valence-electron chi connectivity index (χ4n) is 1.47. The highest BCUT2D eigenvalue weighted by atomic mass is 16.3. The third kappa shape index (κ3) is 3.10. The van der Waals surface area contributed by atoms with Gasteiger partial charge in [-0.2, -0.15) is 0 Å². The quantitative estimate of drug-likeness (QED) is 0.859. The Morgan fingerprint density at radius 3 is 2.50 bits per heavy atom. The van der Waals surface area contributed by atoms with E-state index in [1.165, 1.54) is 6.20 Å². The average molecular weight is 244 g/mol. The van der Waals surface area contributed by atoms with Gasteiger partial charge in [-0.05, 0) is 24.3 Å². The van der Waals surface area contributed by atoms with E-state index < -0.39 is 0 Å². The van der Waals surface area contributed by atoms with Crippen LogP contribution in [0.15, 0.2) is 36.7 Å². The van der Waals surface area contributed by atoms with Crippen LogP contribution in [0, 0.1) is 0 Å². The van der Waals surface area contributed by atoms with Gasteiger partial charge in [0.1, 0.15) is 11.6 Å². The summed E-state index contributed by atoms with van der Waals surface area (Å²) in [6, 6.07) is 7.33. The molecule has 0 radical (unpaired) electrons. The minimum Gasteiger partial charge on any atom is -0.506 e. The number of pyridine rings is 2. The molecule has 0 aromatic carbocycles. The van der Waals surface area contributed by atoms with Crippen LogP contribution in [-0.2, 0) is 6.54 Å². The minimum absolute atomic E-state index is 0.177. The second-order valence-corrected chi connectivity index (χ2v) is 4.16. The largest absolute Gasteiger partial charge is 0.506 e. The summed E-state index contributed by atoms with van der Waals surface area (Å²) in [7, 11) is 3.91. The second-order valence-electron chi connectivity index (χ2n) is 4.16. The van der Waals surface area contributed by atoms with Crippen LogP contribution < -0.4 is 10.2 Å². The Morgan fingerprint density at radius 1 is 1.11 bits per heavy atom. The Balaban J connectivity index is 1.95. The zero-order chi connectivity index (χ0) is 13.0. The van der Waals surface area contributed by atoms with Gasteiger partial charge in [0.15, 0.2) is 0 Å². The summed E-state index contributed by atoms with van der Waals surface area (Å²) in [5.74, 6) is 1.10. The van der Waals surface area contributed by atoms with Gasteiger partial charge in [-0.3, -0.25) is 4.98 Å². The minimum atomic E-state index is 0.177. The molecule has 0 bridgehead atoms. The predicted octanol–water partition coefficient (Wildman–Crippen LogP) is 1.86. The molecule has 2 heterocycles. The number of hydrogen-bond donors (Lipinski definition) is 2. The summed E-state index contributed by atoms with van der Waals surface area (Å²) in [5.41, 5.74) is 1.81. The van der Waals surface area contributed by atoms with E-state index in [0.717, 1.165) is 17.2 Å². The standard InChI is InChI=1S/C13H16N4O/c1-17(2)13-6-4-11(8-16-13)14-7-10-3-5-12(18)9-15-10/h3-6,8-9,14,18H,7H2,1-2H3. The third-order valence-electron chi connectivity index (χ3n) is 2.49. The number of nitrogens with one attached hydrogen (secondary N) is 1. The van der Waals surface area contributed by atoms with Gasteiger partial charge in [0.05, 0.1) is 30.3 Å². The van der Waals surface area contributed by atoms with Gasteiger partial charge in [0, 0.05) is 14.1 Å². The molecule has 2 aromatic rings. The number of rotatable bonds is 4. The zero-order valence-corrected chi connectivity index (χ0v) is 10.5. The van der Waals surface area contributed by atoms with E-state index in [0.29, 0.717) is 6.54 Å². The first-order valence-corrected chi connectivity index (χ1v) is 5.66. The van der Waals surface area contributed by atoms with Crippen molar-refractivity contribution in [1.82, 2.24) is 9.97 Å². The van der Waals surface area contributed by atoms with Gasteiger partial charge in [0.25, 0.3) is 0 Å². The molecule has 2 aromatic heterocycles. The van der Waals surface area contributed by atoms with Gasteiger partial charge in [0.2, 0.25) is 0 Å². The molecule has 0 saturated heterocycles. The lowest BCUT2D eigenvalue weighted by molar-refractivity contribution is 0.472. The van der Waals surface area contributed by atoms with E-state index >= 15 is 0 Å². The maximum absolute atomic E-state index is 9.13. The van der Waals surface area contributed by atoms with Crippen molar-refractivity contribution in [3.63, 3.8) is 0 Å². The lowest BCUT2D eigenvalue weighted by Crippen LogP contribution is -2.10. The van der Waals surface area contributed by atoms with Crippen molar-refractivity contribution in [2.24, 2.45) is 0 Å². The number of nitrogens with zero attached hydrogens (tertiary/aromatic N) is 3. The topological polar surface area (TPSA) is 61.3 Å². The SMILES string of the molecule is CN(C)c1ccc(NCc2ccc(O)cn2)cn1. The maximum atomic E-state index is 9.13. The maximum Gasteiger partial charge on any atom is 0.133 e. The molecule has 18 heavy (non-hydrogen) atoms. The summed E-state index contributed by atoms with van der Waals surface area (Å²) in [5, 5.41) is 12.3. The first kappa shape index (κ1) is 12.2. The van der Waals surface area contributed by atoms with E-state index in [9.17, 15) is 0 Å². The van der Waals surface area contributed by atoms with Crippen molar-refractivity contribution in [1.29, 1.82) is 0 Å². The smallest absolute Gasteiger partial charge is 0.133 e. The molecule has 0 amide bonds. The van der Waals surface area contributed by atoms with Crippen LogP contribution in [0.25, 0.3) is 0 Å². The van der Waals surface area contributed by atoms with Crippen LogP contribution in [0.4, 0.5) is 11.5 Å². The Bertz CT molecular complexity index is 493. The van der Waals surface area contributed by atoms with Crippen molar-refractivity contribution in [2.75, 3.05) is 24.3 Å². The molecule has 5 nitrogen and oxygen atoms in total. The van der Waals surface area contributed by atoms with Crippen LogP contribution in [-0.4, -0.2) is 29.2 Å². The molecule has 0 aliphatic rings. The Kier molecular flexibility index (Phi) is 3.62. The van der Waals surface area contributed by atoms with Crippen LogP contribution in [0.2, 0.25) is 0 Å². The molecule has 0 aliphatic heterocycles. The lowest BCUT2D eigenvalue weighted by Gasteiger charge is -2.12. The van der Waals surface area contributed by atoms with E-state index in [4.69, 9.17) is 5.11 Å². The van der Waals surface area contributed by atoms with Crippen molar-refractivity contribution < 1.29 is 5.11 Å².